The number of rotatable bonds is 6. The van der Waals surface area contributed by atoms with Crippen molar-refractivity contribution in [2.24, 2.45) is 11.8 Å². The largest absolute Gasteiger partial charge is 0.497 e. The van der Waals surface area contributed by atoms with Gasteiger partial charge in [-0.15, -0.1) is 0 Å². The molecule has 1 fully saturated rings. The summed E-state index contributed by atoms with van der Waals surface area (Å²) in [5.74, 6) is -2.57. The zero-order valence-corrected chi connectivity index (χ0v) is 18.1. The topological polar surface area (TPSA) is 84.0 Å². The van der Waals surface area contributed by atoms with Gasteiger partial charge in [-0.3, -0.25) is 19.2 Å². The Morgan fingerprint density at radius 1 is 1.00 bits per heavy atom. The Hall–Kier alpha value is -3.45. The molecule has 32 heavy (non-hydrogen) atoms. The van der Waals surface area contributed by atoms with Gasteiger partial charge in [0.25, 0.3) is 17.7 Å². The summed E-state index contributed by atoms with van der Waals surface area (Å²) in [4.78, 5) is 52.7. The number of ether oxygens (including phenoxy) is 1. The van der Waals surface area contributed by atoms with E-state index in [1.807, 2.05) is 12.2 Å². The average Bonchev–Trinajstić information content (AvgIpc) is 3.07. The van der Waals surface area contributed by atoms with Gasteiger partial charge in [-0.1, -0.05) is 35.9 Å². The van der Waals surface area contributed by atoms with Gasteiger partial charge < -0.3 is 4.74 Å². The maximum Gasteiger partial charge on any atom is 0.273 e. The first-order valence-electron chi connectivity index (χ1n) is 10.2. The second-order valence-electron chi connectivity index (χ2n) is 7.67. The maximum atomic E-state index is 13.4. The van der Waals surface area contributed by atoms with Crippen molar-refractivity contribution >= 4 is 35.1 Å². The van der Waals surface area contributed by atoms with Crippen LogP contribution < -0.4 is 4.74 Å². The Bertz CT molecular complexity index is 1090. The Morgan fingerprint density at radius 3 is 2.22 bits per heavy atom. The van der Waals surface area contributed by atoms with Crippen LogP contribution in [0.25, 0.3) is 0 Å². The van der Waals surface area contributed by atoms with Crippen LogP contribution in [0.5, 0.6) is 5.75 Å². The van der Waals surface area contributed by atoms with Crippen molar-refractivity contribution in [2.45, 2.75) is 12.8 Å². The number of allylic oxidation sites excluding steroid dienone is 2. The highest BCUT2D eigenvalue weighted by atomic mass is 35.5. The van der Waals surface area contributed by atoms with E-state index in [-0.39, 0.29) is 5.56 Å². The number of ketones is 1. The molecule has 1 aliphatic carbocycles. The summed E-state index contributed by atoms with van der Waals surface area (Å²) in [7, 11) is 1.48. The zero-order valence-electron chi connectivity index (χ0n) is 17.4. The van der Waals surface area contributed by atoms with Crippen molar-refractivity contribution in [3.63, 3.8) is 0 Å². The number of hydrazine groups is 1. The number of benzene rings is 2. The fourth-order valence-electron chi connectivity index (χ4n) is 4.02. The summed E-state index contributed by atoms with van der Waals surface area (Å²) in [6.45, 7) is -0.473. The number of carbonyl (C=O) groups excluding carboxylic acids is 4. The molecule has 0 aromatic heterocycles. The van der Waals surface area contributed by atoms with Gasteiger partial charge in [0, 0.05) is 16.1 Å². The highest BCUT2D eigenvalue weighted by Crippen LogP contribution is 2.36. The number of Topliss-reactive ketones (excluding diaryl/α,β-unsaturated/α-hetero) is 1. The minimum Gasteiger partial charge on any atom is -0.497 e. The van der Waals surface area contributed by atoms with Crippen molar-refractivity contribution in [1.82, 2.24) is 10.0 Å². The minimum absolute atomic E-state index is 0.210. The van der Waals surface area contributed by atoms with Gasteiger partial charge in [0.05, 0.1) is 18.9 Å². The van der Waals surface area contributed by atoms with E-state index in [1.165, 1.54) is 31.4 Å². The van der Waals surface area contributed by atoms with Crippen molar-refractivity contribution < 1.29 is 23.9 Å². The quantitative estimate of drug-likeness (QED) is 0.380. The molecule has 0 saturated carbocycles. The van der Waals surface area contributed by atoms with Crippen LogP contribution in [-0.2, 0) is 9.59 Å². The minimum atomic E-state index is -0.633. The van der Waals surface area contributed by atoms with Crippen LogP contribution in [0, 0.1) is 11.8 Å². The Kier molecular flexibility index (Phi) is 6.10. The molecule has 0 unspecified atom stereocenters. The van der Waals surface area contributed by atoms with Crippen molar-refractivity contribution in [1.29, 1.82) is 0 Å². The van der Waals surface area contributed by atoms with E-state index in [9.17, 15) is 19.2 Å². The van der Waals surface area contributed by atoms with E-state index < -0.39 is 41.9 Å². The molecule has 3 amide bonds. The molecule has 1 aliphatic heterocycles. The van der Waals surface area contributed by atoms with Crippen molar-refractivity contribution in [3.8, 4) is 5.75 Å². The molecule has 4 rings (SSSR count). The SMILES string of the molecule is COc1cccc(C(=O)CN(C(=O)c2ccc(Cl)cc2)N2C(=O)[C@H]3CC=CC[C@@H]3C2=O)c1. The zero-order chi connectivity index (χ0) is 22.8. The van der Waals surface area contributed by atoms with Gasteiger partial charge >= 0.3 is 0 Å². The van der Waals surface area contributed by atoms with Gasteiger partial charge in [-0.2, -0.15) is 5.01 Å². The number of hydrogen-bond donors (Lipinski definition) is 0. The normalized spacial score (nSPS) is 19.6. The van der Waals surface area contributed by atoms with E-state index in [1.54, 1.807) is 24.3 Å². The summed E-state index contributed by atoms with van der Waals surface area (Å²) in [5.41, 5.74) is 0.512. The fourth-order valence-corrected chi connectivity index (χ4v) is 4.15. The first-order valence-corrected chi connectivity index (χ1v) is 10.6. The molecule has 0 spiro atoms. The molecule has 1 heterocycles. The molecule has 2 atom stereocenters. The van der Waals surface area contributed by atoms with Crippen LogP contribution in [0.2, 0.25) is 5.02 Å². The smallest absolute Gasteiger partial charge is 0.273 e. The number of nitrogens with zero attached hydrogens (tertiary/aromatic N) is 2. The van der Waals surface area contributed by atoms with Crippen molar-refractivity contribution in [2.75, 3.05) is 13.7 Å². The van der Waals surface area contributed by atoms with Crippen LogP contribution in [0.15, 0.2) is 60.7 Å². The van der Waals surface area contributed by atoms with Gasteiger partial charge in [-0.25, -0.2) is 5.01 Å². The molecular formula is C24H21ClN2O5. The molecule has 2 aliphatic rings. The summed E-state index contributed by atoms with van der Waals surface area (Å²) in [6.07, 6.45) is 4.59. The molecular weight excluding hydrogens is 432 g/mol. The predicted molar refractivity (Wildman–Crippen MR) is 117 cm³/mol. The molecule has 2 aromatic carbocycles. The van der Waals surface area contributed by atoms with Gasteiger partial charge in [0.1, 0.15) is 12.3 Å². The van der Waals surface area contributed by atoms with Crippen LogP contribution in [-0.4, -0.2) is 47.2 Å². The first kappa shape index (κ1) is 21.8. The van der Waals surface area contributed by atoms with Gasteiger partial charge in [-0.05, 0) is 49.2 Å². The lowest BCUT2D eigenvalue weighted by molar-refractivity contribution is -0.154. The second kappa shape index (κ2) is 8.96. The lowest BCUT2D eigenvalue weighted by Gasteiger charge is -2.30. The van der Waals surface area contributed by atoms with Crippen LogP contribution >= 0.6 is 11.6 Å². The fraction of sp³-hybridized carbons (Fsp3) is 0.250. The summed E-state index contributed by atoms with van der Waals surface area (Å²) in [5, 5.41) is 2.25. The summed E-state index contributed by atoms with van der Waals surface area (Å²) < 4.78 is 5.17. The maximum absolute atomic E-state index is 13.4. The number of amides is 3. The Morgan fingerprint density at radius 2 is 1.62 bits per heavy atom. The summed E-state index contributed by atoms with van der Waals surface area (Å²) in [6, 6.07) is 12.5. The molecule has 0 bridgehead atoms. The third-order valence-electron chi connectivity index (χ3n) is 5.74. The van der Waals surface area contributed by atoms with Crippen LogP contribution in [0.4, 0.5) is 0 Å². The monoisotopic (exact) mass is 452 g/mol. The number of hydrogen-bond acceptors (Lipinski definition) is 5. The lowest BCUT2D eigenvalue weighted by Crippen LogP contribution is -2.52. The van der Waals surface area contributed by atoms with E-state index >= 15 is 0 Å². The molecule has 0 radical (unpaired) electrons. The number of fused-ring (bicyclic) bond motifs is 1. The predicted octanol–water partition coefficient (Wildman–Crippen LogP) is 3.54. The lowest BCUT2D eigenvalue weighted by atomic mass is 9.85. The van der Waals surface area contributed by atoms with Crippen LogP contribution in [0.3, 0.4) is 0 Å². The molecule has 7 nitrogen and oxygen atoms in total. The number of halogens is 1. The van der Waals surface area contributed by atoms with E-state index in [2.05, 4.69) is 0 Å². The number of imide groups is 1. The second-order valence-corrected chi connectivity index (χ2v) is 8.11. The highest BCUT2D eigenvalue weighted by Gasteiger charge is 2.51. The molecule has 2 aromatic rings. The van der Waals surface area contributed by atoms with E-state index in [0.717, 1.165) is 10.0 Å². The third kappa shape index (κ3) is 4.03. The standard InChI is InChI=1S/C24H21ClN2O5/c1-32-18-6-4-5-16(13-18)21(28)14-26(22(29)15-9-11-17(25)12-10-15)27-23(30)19-7-2-3-8-20(19)24(27)31/h2-6,9-13,19-20H,7-8,14H2,1H3/t19-,20-/m0/s1. The third-order valence-corrected chi connectivity index (χ3v) is 5.99. The highest BCUT2D eigenvalue weighted by molar-refractivity contribution is 6.30. The van der Waals surface area contributed by atoms with E-state index in [4.69, 9.17) is 16.3 Å². The first-order chi connectivity index (χ1) is 15.4. The molecule has 0 N–H and O–H groups in total. The van der Waals surface area contributed by atoms with Gasteiger partial charge in [0.2, 0.25) is 0 Å². The van der Waals surface area contributed by atoms with Crippen molar-refractivity contribution in [3.05, 3.63) is 76.8 Å². The summed E-state index contributed by atoms with van der Waals surface area (Å²) >= 11 is 5.93. The Labute approximate surface area is 190 Å². The van der Waals surface area contributed by atoms with Crippen LogP contribution in [0.1, 0.15) is 33.6 Å². The number of carbonyl (C=O) groups is 4. The average molecular weight is 453 g/mol. The molecule has 8 heteroatoms. The molecule has 1 saturated heterocycles. The number of methoxy groups -OCH3 is 1. The molecule has 164 valence electrons. The van der Waals surface area contributed by atoms with Gasteiger partial charge in [0.15, 0.2) is 5.78 Å². The van der Waals surface area contributed by atoms with E-state index in [0.29, 0.717) is 29.2 Å². The Balaban J connectivity index is 1.69.